The lowest BCUT2D eigenvalue weighted by atomic mass is 10.1. The molecule has 0 bridgehead atoms. The number of carboxylic acids is 1. The van der Waals surface area contributed by atoms with Gasteiger partial charge in [-0.2, -0.15) is 0 Å². The molecule has 4 nitrogen and oxygen atoms in total. The van der Waals surface area contributed by atoms with Crippen molar-refractivity contribution in [1.82, 2.24) is 0 Å². The molecule has 0 spiro atoms. The summed E-state index contributed by atoms with van der Waals surface area (Å²) in [6, 6.07) is 0. The van der Waals surface area contributed by atoms with Gasteiger partial charge >= 0.3 is 5.97 Å². The van der Waals surface area contributed by atoms with Gasteiger partial charge in [-0.1, -0.05) is 6.08 Å². The predicted octanol–water partition coefficient (Wildman–Crippen LogP) is 0.764. The van der Waals surface area contributed by atoms with Crippen LogP contribution in [0.4, 0.5) is 0 Å². The standard InChI is InChI=1S/C9H12O4/c10-6-2-4-8-7(13-8)3-1-5-9(11)12/h2,4,6-8H,1,3,5H2,(H,11,12)/b4-2+/t7-,8-/m0/s1. The molecule has 0 aromatic rings. The molecule has 1 saturated heterocycles. The largest absolute Gasteiger partial charge is 0.481 e. The normalized spacial score (nSPS) is 26.2. The van der Waals surface area contributed by atoms with E-state index in [9.17, 15) is 9.59 Å². The third-order valence-electron chi connectivity index (χ3n) is 1.88. The quantitative estimate of drug-likeness (QED) is 0.376. The van der Waals surface area contributed by atoms with Crippen molar-refractivity contribution in [2.45, 2.75) is 31.5 Å². The molecule has 0 aliphatic carbocycles. The average Bonchev–Trinajstić information content (AvgIpc) is 2.80. The topological polar surface area (TPSA) is 66.9 Å². The molecule has 0 aromatic heterocycles. The van der Waals surface area contributed by atoms with Gasteiger partial charge in [0.2, 0.25) is 0 Å². The highest BCUT2D eigenvalue weighted by Crippen LogP contribution is 2.27. The van der Waals surface area contributed by atoms with E-state index in [-0.39, 0.29) is 18.6 Å². The minimum atomic E-state index is -0.777. The first kappa shape index (κ1) is 9.92. The van der Waals surface area contributed by atoms with Gasteiger partial charge in [-0.05, 0) is 18.9 Å². The summed E-state index contributed by atoms with van der Waals surface area (Å²) >= 11 is 0. The Labute approximate surface area is 76.2 Å². The van der Waals surface area contributed by atoms with Crippen molar-refractivity contribution in [2.75, 3.05) is 0 Å². The maximum atomic E-state index is 10.2. The van der Waals surface area contributed by atoms with Crippen LogP contribution < -0.4 is 0 Å². The summed E-state index contributed by atoms with van der Waals surface area (Å²) in [6.07, 6.45) is 5.51. The van der Waals surface area contributed by atoms with E-state index in [1.165, 1.54) is 6.08 Å². The molecule has 0 aromatic carbocycles. The van der Waals surface area contributed by atoms with Crippen LogP contribution in [0.15, 0.2) is 12.2 Å². The molecule has 1 fully saturated rings. The van der Waals surface area contributed by atoms with Gasteiger partial charge < -0.3 is 9.84 Å². The number of hydrogen-bond acceptors (Lipinski definition) is 3. The summed E-state index contributed by atoms with van der Waals surface area (Å²) in [5.41, 5.74) is 0. The number of carboxylic acid groups (broad SMARTS) is 1. The van der Waals surface area contributed by atoms with Crippen LogP contribution in [0.2, 0.25) is 0 Å². The van der Waals surface area contributed by atoms with E-state index >= 15 is 0 Å². The van der Waals surface area contributed by atoms with Gasteiger partial charge in [0.15, 0.2) is 0 Å². The second kappa shape index (κ2) is 4.77. The molecule has 0 unspecified atom stereocenters. The Bertz CT molecular complexity index is 222. The van der Waals surface area contributed by atoms with Gasteiger partial charge in [0.25, 0.3) is 0 Å². The molecular formula is C9H12O4. The first-order chi connectivity index (χ1) is 6.24. The molecular weight excluding hydrogens is 172 g/mol. The lowest BCUT2D eigenvalue weighted by Crippen LogP contribution is -1.97. The van der Waals surface area contributed by atoms with E-state index in [1.807, 2.05) is 0 Å². The summed E-state index contributed by atoms with van der Waals surface area (Å²) in [5.74, 6) is -0.777. The number of aliphatic carboxylic acids is 1. The van der Waals surface area contributed by atoms with E-state index in [2.05, 4.69) is 0 Å². The highest BCUT2D eigenvalue weighted by atomic mass is 16.6. The van der Waals surface area contributed by atoms with E-state index in [1.54, 1.807) is 6.08 Å². The summed E-state index contributed by atoms with van der Waals surface area (Å²) in [5, 5.41) is 8.35. The van der Waals surface area contributed by atoms with Gasteiger partial charge in [0.05, 0.1) is 6.10 Å². The van der Waals surface area contributed by atoms with Crippen LogP contribution in [0.3, 0.4) is 0 Å². The lowest BCUT2D eigenvalue weighted by molar-refractivity contribution is -0.137. The van der Waals surface area contributed by atoms with Crippen molar-refractivity contribution in [2.24, 2.45) is 0 Å². The Morgan fingerprint density at radius 3 is 2.92 bits per heavy atom. The molecule has 1 N–H and O–H groups in total. The highest BCUT2D eigenvalue weighted by Gasteiger charge is 2.35. The van der Waals surface area contributed by atoms with Gasteiger partial charge in [-0.25, -0.2) is 0 Å². The number of carbonyl (C=O) groups excluding carboxylic acids is 1. The minimum absolute atomic E-state index is 0.0268. The number of ether oxygens (including phenoxy) is 1. The summed E-state index contributed by atoms with van der Waals surface area (Å²) < 4.78 is 5.16. The van der Waals surface area contributed by atoms with Crippen molar-refractivity contribution in [3.8, 4) is 0 Å². The highest BCUT2D eigenvalue weighted by molar-refractivity contribution is 5.66. The number of hydrogen-bond donors (Lipinski definition) is 1. The molecule has 0 amide bonds. The SMILES string of the molecule is O=C/C=C/[C@@H]1O[C@H]1CCCC(=O)O. The minimum Gasteiger partial charge on any atom is -0.481 e. The molecule has 2 atom stereocenters. The molecule has 0 saturated carbocycles. The maximum Gasteiger partial charge on any atom is 0.303 e. The van der Waals surface area contributed by atoms with E-state index in [0.29, 0.717) is 12.7 Å². The average molecular weight is 184 g/mol. The van der Waals surface area contributed by atoms with Crippen LogP contribution in [-0.4, -0.2) is 29.6 Å². The number of rotatable bonds is 6. The lowest BCUT2D eigenvalue weighted by Gasteiger charge is -1.91. The maximum absolute atomic E-state index is 10.2. The van der Waals surface area contributed by atoms with Crippen molar-refractivity contribution in [1.29, 1.82) is 0 Å². The van der Waals surface area contributed by atoms with Gasteiger partial charge in [0.1, 0.15) is 12.4 Å². The fraction of sp³-hybridized carbons (Fsp3) is 0.556. The predicted molar refractivity (Wildman–Crippen MR) is 45.4 cm³/mol. The molecule has 0 radical (unpaired) electrons. The smallest absolute Gasteiger partial charge is 0.303 e. The second-order valence-electron chi connectivity index (χ2n) is 2.95. The summed E-state index contributed by atoms with van der Waals surface area (Å²) in [6.45, 7) is 0. The number of allylic oxidation sites excluding steroid dienone is 1. The number of epoxide rings is 1. The van der Waals surface area contributed by atoms with Crippen LogP contribution in [0, 0.1) is 0 Å². The third kappa shape index (κ3) is 3.85. The molecule has 72 valence electrons. The van der Waals surface area contributed by atoms with Crippen molar-refractivity contribution < 1.29 is 19.4 Å². The molecule has 1 aliphatic rings. The fourth-order valence-corrected chi connectivity index (χ4v) is 1.17. The Hall–Kier alpha value is -1.16. The Morgan fingerprint density at radius 2 is 2.31 bits per heavy atom. The first-order valence-corrected chi connectivity index (χ1v) is 4.23. The van der Waals surface area contributed by atoms with E-state index < -0.39 is 5.97 Å². The molecule has 4 heteroatoms. The second-order valence-corrected chi connectivity index (χ2v) is 2.95. The monoisotopic (exact) mass is 184 g/mol. The molecule has 13 heavy (non-hydrogen) atoms. The Balaban J connectivity index is 2.04. The zero-order valence-corrected chi connectivity index (χ0v) is 7.18. The van der Waals surface area contributed by atoms with Crippen molar-refractivity contribution >= 4 is 12.3 Å². The fourth-order valence-electron chi connectivity index (χ4n) is 1.17. The van der Waals surface area contributed by atoms with E-state index in [4.69, 9.17) is 9.84 Å². The van der Waals surface area contributed by atoms with Crippen LogP contribution in [-0.2, 0) is 14.3 Å². The Morgan fingerprint density at radius 1 is 1.54 bits per heavy atom. The zero-order chi connectivity index (χ0) is 9.68. The van der Waals surface area contributed by atoms with Gasteiger partial charge in [-0.15, -0.1) is 0 Å². The van der Waals surface area contributed by atoms with Crippen LogP contribution in [0.5, 0.6) is 0 Å². The number of carbonyl (C=O) groups is 2. The van der Waals surface area contributed by atoms with Crippen molar-refractivity contribution in [3.05, 3.63) is 12.2 Å². The van der Waals surface area contributed by atoms with Gasteiger partial charge in [-0.3, -0.25) is 9.59 Å². The van der Waals surface area contributed by atoms with Crippen LogP contribution in [0.1, 0.15) is 19.3 Å². The van der Waals surface area contributed by atoms with E-state index in [0.717, 1.165) is 6.42 Å². The summed E-state index contributed by atoms with van der Waals surface area (Å²) in [4.78, 5) is 20.1. The molecule has 1 aliphatic heterocycles. The zero-order valence-electron chi connectivity index (χ0n) is 7.18. The third-order valence-corrected chi connectivity index (χ3v) is 1.88. The molecule has 1 rings (SSSR count). The van der Waals surface area contributed by atoms with Gasteiger partial charge in [0, 0.05) is 6.42 Å². The summed E-state index contributed by atoms with van der Waals surface area (Å²) in [7, 11) is 0. The first-order valence-electron chi connectivity index (χ1n) is 4.23. The van der Waals surface area contributed by atoms with Crippen LogP contribution >= 0.6 is 0 Å². The van der Waals surface area contributed by atoms with Crippen LogP contribution in [0.25, 0.3) is 0 Å². The Kier molecular flexibility index (Phi) is 3.64. The van der Waals surface area contributed by atoms with Crippen molar-refractivity contribution in [3.63, 3.8) is 0 Å². The number of aldehydes is 1. The molecule has 1 heterocycles.